The lowest BCUT2D eigenvalue weighted by atomic mass is 10.0. The summed E-state index contributed by atoms with van der Waals surface area (Å²) in [5.74, 6) is -0.534. The predicted octanol–water partition coefficient (Wildman–Crippen LogP) is 7.84. The second-order valence-electron chi connectivity index (χ2n) is 8.28. The normalized spacial score (nSPS) is 11.1. The van der Waals surface area contributed by atoms with Crippen molar-refractivity contribution in [2.24, 2.45) is 0 Å². The highest BCUT2D eigenvalue weighted by molar-refractivity contribution is 9.11. The first-order chi connectivity index (χ1) is 18.3. The molecule has 0 spiro atoms. The molecule has 0 heterocycles. The molecule has 0 unspecified atom stereocenters. The lowest BCUT2D eigenvalue weighted by Crippen LogP contribution is -2.14. The van der Waals surface area contributed by atoms with Gasteiger partial charge in [-0.1, -0.05) is 42.5 Å². The molecule has 0 aromatic heterocycles. The summed E-state index contributed by atoms with van der Waals surface area (Å²) in [7, 11) is 0. The van der Waals surface area contributed by atoms with E-state index in [1.165, 1.54) is 6.08 Å². The summed E-state index contributed by atoms with van der Waals surface area (Å²) in [4.78, 5) is 25.9. The molecule has 38 heavy (non-hydrogen) atoms. The number of rotatable bonds is 7. The molecule has 0 bridgehead atoms. The van der Waals surface area contributed by atoms with Crippen LogP contribution in [0.25, 0.3) is 16.8 Å². The number of hydrogen-bond acceptors (Lipinski definition) is 5. The van der Waals surface area contributed by atoms with Crippen LogP contribution >= 0.6 is 31.9 Å². The van der Waals surface area contributed by atoms with Crippen molar-refractivity contribution in [1.82, 2.24) is 0 Å². The summed E-state index contributed by atoms with van der Waals surface area (Å²) in [6, 6.07) is 23.5. The number of aryl methyl sites for hydroxylation is 1. The molecule has 4 aromatic rings. The van der Waals surface area contributed by atoms with Crippen molar-refractivity contribution < 1.29 is 19.1 Å². The van der Waals surface area contributed by atoms with Crippen LogP contribution in [0.15, 0.2) is 87.3 Å². The Kier molecular flexibility index (Phi) is 8.62. The number of carbonyl (C=O) groups excluding carboxylic acids is 2. The van der Waals surface area contributed by atoms with Crippen LogP contribution in [0.2, 0.25) is 0 Å². The molecule has 0 fully saturated rings. The summed E-state index contributed by atoms with van der Waals surface area (Å²) in [6.07, 6.45) is 1.45. The summed E-state index contributed by atoms with van der Waals surface area (Å²) in [5.41, 5.74) is 2.39. The molecule has 0 saturated carbocycles. The standard InChI is InChI=1S/C30H22Br2N2O4/c1-3-37-27-16-19(15-21(17-33)29(35)34-28-24(31)13-18(2)14-25(28)32)11-12-26(27)38-30(36)23-10-6-8-20-7-4-5-9-22(20)23/h4-16H,3H2,1-2H3,(H,34,35)/b21-15+. The summed E-state index contributed by atoms with van der Waals surface area (Å²) in [5, 5.41) is 14.2. The number of ether oxygens (including phenoxy) is 2. The van der Waals surface area contributed by atoms with Crippen molar-refractivity contribution in [2.75, 3.05) is 11.9 Å². The number of amides is 1. The summed E-state index contributed by atoms with van der Waals surface area (Å²) < 4.78 is 12.8. The number of nitrogens with one attached hydrogen (secondary N) is 1. The van der Waals surface area contributed by atoms with E-state index in [9.17, 15) is 14.9 Å². The minimum atomic E-state index is -0.567. The zero-order valence-electron chi connectivity index (χ0n) is 20.5. The van der Waals surface area contributed by atoms with Crippen LogP contribution in [0.1, 0.15) is 28.4 Å². The Labute approximate surface area is 237 Å². The van der Waals surface area contributed by atoms with Gasteiger partial charge in [0.05, 0.1) is 17.9 Å². The van der Waals surface area contributed by atoms with Gasteiger partial charge in [-0.2, -0.15) is 5.26 Å². The van der Waals surface area contributed by atoms with E-state index in [2.05, 4.69) is 37.2 Å². The average Bonchev–Trinajstić information content (AvgIpc) is 2.90. The maximum Gasteiger partial charge on any atom is 0.344 e. The first-order valence-corrected chi connectivity index (χ1v) is 13.2. The van der Waals surface area contributed by atoms with Crippen LogP contribution in [0.3, 0.4) is 0 Å². The molecule has 8 heteroatoms. The number of nitriles is 1. The van der Waals surface area contributed by atoms with Crippen LogP contribution in [-0.2, 0) is 4.79 Å². The lowest BCUT2D eigenvalue weighted by molar-refractivity contribution is -0.112. The van der Waals surface area contributed by atoms with Crippen molar-refractivity contribution in [3.8, 4) is 17.6 Å². The van der Waals surface area contributed by atoms with Crippen molar-refractivity contribution in [2.45, 2.75) is 13.8 Å². The SMILES string of the molecule is CCOc1cc(/C=C(\C#N)C(=O)Nc2c(Br)cc(C)cc2Br)ccc1OC(=O)c1cccc2ccccc12. The topological polar surface area (TPSA) is 88.4 Å². The highest BCUT2D eigenvalue weighted by atomic mass is 79.9. The number of esters is 1. The van der Waals surface area contributed by atoms with Crippen LogP contribution in [0.5, 0.6) is 11.5 Å². The zero-order chi connectivity index (χ0) is 27.2. The quantitative estimate of drug-likeness (QED) is 0.0969. The minimum Gasteiger partial charge on any atom is -0.490 e. The van der Waals surface area contributed by atoms with E-state index in [0.29, 0.717) is 38.1 Å². The summed E-state index contributed by atoms with van der Waals surface area (Å²) in [6.45, 7) is 4.07. The summed E-state index contributed by atoms with van der Waals surface area (Å²) >= 11 is 6.89. The Hall–Kier alpha value is -3.93. The number of fused-ring (bicyclic) bond motifs is 1. The largest absolute Gasteiger partial charge is 0.490 e. The molecule has 6 nitrogen and oxygen atoms in total. The fraction of sp³-hybridized carbons (Fsp3) is 0.100. The Balaban J connectivity index is 1.60. The highest BCUT2D eigenvalue weighted by Gasteiger charge is 2.17. The molecule has 190 valence electrons. The van der Waals surface area contributed by atoms with Gasteiger partial charge < -0.3 is 14.8 Å². The van der Waals surface area contributed by atoms with Gasteiger partial charge in [0.25, 0.3) is 5.91 Å². The van der Waals surface area contributed by atoms with E-state index >= 15 is 0 Å². The van der Waals surface area contributed by atoms with E-state index in [-0.39, 0.29) is 11.3 Å². The number of nitrogens with zero attached hydrogens (tertiary/aromatic N) is 1. The first-order valence-electron chi connectivity index (χ1n) is 11.7. The first kappa shape index (κ1) is 27.1. The fourth-order valence-corrected chi connectivity index (χ4v) is 5.45. The van der Waals surface area contributed by atoms with Crippen molar-refractivity contribution in [3.63, 3.8) is 0 Å². The Bertz CT molecular complexity index is 1590. The predicted molar refractivity (Wildman–Crippen MR) is 155 cm³/mol. The number of carbonyl (C=O) groups is 2. The van der Waals surface area contributed by atoms with Gasteiger partial charge in [0.2, 0.25) is 0 Å². The molecule has 0 aliphatic heterocycles. The third kappa shape index (κ3) is 6.13. The van der Waals surface area contributed by atoms with E-state index in [0.717, 1.165) is 16.3 Å². The van der Waals surface area contributed by atoms with Gasteiger partial charge in [0.15, 0.2) is 11.5 Å². The lowest BCUT2D eigenvalue weighted by Gasteiger charge is -2.13. The average molecular weight is 634 g/mol. The van der Waals surface area contributed by atoms with E-state index in [4.69, 9.17) is 9.47 Å². The highest BCUT2D eigenvalue weighted by Crippen LogP contribution is 2.34. The molecule has 1 N–H and O–H groups in total. The third-order valence-electron chi connectivity index (χ3n) is 5.58. The fourth-order valence-electron chi connectivity index (χ4n) is 3.84. The molecule has 0 atom stereocenters. The van der Waals surface area contributed by atoms with Gasteiger partial charge in [-0.15, -0.1) is 0 Å². The van der Waals surface area contributed by atoms with E-state index in [1.807, 2.05) is 62.4 Å². The van der Waals surface area contributed by atoms with Gasteiger partial charge in [0.1, 0.15) is 11.6 Å². The molecular formula is C30H22Br2N2O4. The Morgan fingerprint density at radius 1 is 0.974 bits per heavy atom. The number of halogens is 2. The van der Waals surface area contributed by atoms with Crippen molar-refractivity contribution in [1.29, 1.82) is 5.26 Å². The Morgan fingerprint density at radius 2 is 1.68 bits per heavy atom. The molecule has 1 amide bonds. The molecular weight excluding hydrogens is 612 g/mol. The third-order valence-corrected chi connectivity index (χ3v) is 6.83. The van der Waals surface area contributed by atoms with E-state index < -0.39 is 11.9 Å². The zero-order valence-corrected chi connectivity index (χ0v) is 23.7. The second kappa shape index (κ2) is 12.1. The van der Waals surface area contributed by atoms with Crippen LogP contribution in [-0.4, -0.2) is 18.5 Å². The van der Waals surface area contributed by atoms with Crippen LogP contribution in [0, 0.1) is 18.3 Å². The molecule has 0 aliphatic rings. The number of benzene rings is 4. The van der Waals surface area contributed by atoms with Gasteiger partial charge in [0, 0.05) is 8.95 Å². The number of hydrogen-bond donors (Lipinski definition) is 1. The molecule has 4 rings (SSSR count). The molecule has 0 radical (unpaired) electrons. The number of anilines is 1. The van der Waals surface area contributed by atoms with Gasteiger partial charge in [-0.05, 0) is 104 Å². The molecule has 0 aliphatic carbocycles. The van der Waals surface area contributed by atoms with Gasteiger partial charge in [-0.3, -0.25) is 4.79 Å². The van der Waals surface area contributed by atoms with Crippen molar-refractivity contribution >= 4 is 66.3 Å². The van der Waals surface area contributed by atoms with Crippen molar-refractivity contribution in [3.05, 3.63) is 104 Å². The minimum absolute atomic E-state index is 0.104. The van der Waals surface area contributed by atoms with Crippen LogP contribution < -0.4 is 14.8 Å². The van der Waals surface area contributed by atoms with Crippen LogP contribution in [0.4, 0.5) is 5.69 Å². The second-order valence-corrected chi connectivity index (χ2v) is 9.99. The smallest absolute Gasteiger partial charge is 0.344 e. The van der Waals surface area contributed by atoms with Gasteiger partial charge >= 0.3 is 5.97 Å². The molecule has 4 aromatic carbocycles. The van der Waals surface area contributed by atoms with Gasteiger partial charge in [-0.25, -0.2) is 4.79 Å². The molecule has 0 saturated heterocycles. The maximum absolute atomic E-state index is 13.0. The monoisotopic (exact) mass is 632 g/mol. The Morgan fingerprint density at radius 3 is 2.39 bits per heavy atom. The maximum atomic E-state index is 13.0. The van der Waals surface area contributed by atoms with E-state index in [1.54, 1.807) is 30.3 Å².